The molecule has 3 aromatic rings. The molecule has 1 N–H and O–H groups in total. The van der Waals surface area contributed by atoms with Crippen LogP contribution in [0, 0.1) is 6.92 Å². The molecule has 0 bridgehead atoms. The highest BCUT2D eigenvalue weighted by Crippen LogP contribution is 2.49. The first kappa shape index (κ1) is 20.7. The van der Waals surface area contributed by atoms with Gasteiger partial charge in [0.25, 0.3) is 0 Å². The minimum atomic E-state index is 0.260. The topological polar surface area (TPSA) is 12.0 Å². The Morgan fingerprint density at radius 1 is 0.793 bits per heavy atom. The Kier molecular flexibility index (Phi) is 6.46. The van der Waals surface area contributed by atoms with E-state index in [1.165, 1.54) is 64.8 Å². The number of aryl methyl sites for hydroxylation is 1. The predicted octanol–water partition coefficient (Wildman–Crippen LogP) is 8.67. The summed E-state index contributed by atoms with van der Waals surface area (Å²) in [4.78, 5) is 0. The Balaban J connectivity index is 1.71. The van der Waals surface area contributed by atoms with E-state index in [1.54, 1.807) is 0 Å². The van der Waals surface area contributed by atoms with E-state index < -0.39 is 0 Å². The van der Waals surface area contributed by atoms with Crippen LogP contribution in [0.2, 0.25) is 0 Å². The Labute approximate surface area is 191 Å². The van der Waals surface area contributed by atoms with Gasteiger partial charge in [-0.2, -0.15) is 0 Å². The SMILES string of the molecule is CCCCCCNc1cc(C)cc(C2c3cc(Br)ccc3-c3ccc(Br)cc32)c1. The maximum atomic E-state index is 3.69. The second-order valence-corrected chi connectivity index (χ2v) is 9.85. The fraction of sp³-hybridized carbons (Fsp3) is 0.308. The third-order valence-electron chi connectivity index (χ3n) is 5.73. The molecule has 3 heteroatoms. The third kappa shape index (κ3) is 4.46. The van der Waals surface area contributed by atoms with Gasteiger partial charge in [0.2, 0.25) is 0 Å². The van der Waals surface area contributed by atoms with E-state index in [-0.39, 0.29) is 5.92 Å². The molecular formula is C26H27Br2N. The molecule has 0 aromatic heterocycles. The number of halogens is 2. The van der Waals surface area contributed by atoms with E-state index in [0.29, 0.717) is 0 Å². The van der Waals surface area contributed by atoms with Crippen LogP contribution in [-0.4, -0.2) is 6.54 Å². The smallest absolute Gasteiger partial charge is 0.0353 e. The first-order valence-electron chi connectivity index (χ1n) is 10.5. The van der Waals surface area contributed by atoms with Crippen LogP contribution in [0.15, 0.2) is 63.5 Å². The van der Waals surface area contributed by atoms with Crippen LogP contribution in [0.1, 0.15) is 60.8 Å². The lowest BCUT2D eigenvalue weighted by Gasteiger charge is -2.18. The standard InChI is InChI=1S/C26H27Br2N/c1-3-4-5-6-11-29-21-13-17(2)12-18(14-21)26-24-15-19(27)7-9-22(24)23-10-8-20(28)16-25(23)26/h7-10,12-16,26,29H,3-6,11H2,1-2H3. The van der Waals surface area contributed by atoms with E-state index in [1.807, 2.05) is 0 Å². The normalized spacial score (nSPS) is 12.7. The van der Waals surface area contributed by atoms with Gasteiger partial charge in [-0.3, -0.25) is 0 Å². The van der Waals surface area contributed by atoms with Gasteiger partial charge in [-0.05, 0) is 83.1 Å². The molecule has 1 aliphatic rings. The molecule has 1 aliphatic carbocycles. The minimum absolute atomic E-state index is 0.260. The van der Waals surface area contributed by atoms with Gasteiger partial charge >= 0.3 is 0 Å². The summed E-state index contributed by atoms with van der Waals surface area (Å²) < 4.78 is 2.27. The van der Waals surface area contributed by atoms with Crippen LogP contribution in [0.25, 0.3) is 11.1 Å². The number of hydrogen-bond acceptors (Lipinski definition) is 1. The van der Waals surface area contributed by atoms with Crippen molar-refractivity contribution in [3.05, 3.63) is 85.8 Å². The van der Waals surface area contributed by atoms with Crippen molar-refractivity contribution in [1.29, 1.82) is 0 Å². The van der Waals surface area contributed by atoms with Gasteiger partial charge in [-0.15, -0.1) is 0 Å². The molecule has 0 saturated carbocycles. The molecule has 3 aromatic carbocycles. The zero-order valence-corrected chi connectivity index (χ0v) is 20.2. The first-order chi connectivity index (χ1) is 14.1. The van der Waals surface area contributed by atoms with E-state index in [9.17, 15) is 0 Å². The van der Waals surface area contributed by atoms with Crippen molar-refractivity contribution in [2.75, 3.05) is 11.9 Å². The molecule has 0 atom stereocenters. The summed E-state index contributed by atoms with van der Waals surface area (Å²) >= 11 is 7.37. The number of nitrogens with one attached hydrogen (secondary N) is 1. The van der Waals surface area contributed by atoms with Crippen LogP contribution >= 0.6 is 31.9 Å². The fourth-order valence-electron chi connectivity index (χ4n) is 4.43. The van der Waals surface area contributed by atoms with Crippen LogP contribution in [-0.2, 0) is 0 Å². The molecule has 0 aliphatic heterocycles. The monoisotopic (exact) mass is 511 g/mol. The van der Waals surface area contributed by atoms with Gasteiger partial charge < -0.3 is 5.32 Å². The summed E-state index contributed by atoms with van der Waals surface area (Å²) in [5.74, 6) is 0.260. The van der Waals surface area contributed by atoms with Crippen LogP contribution in [0.5, 0.6) is 0 Å². The van der Waals surface area contributed by atoms with Gasteiger partial charge in [0.1, 0.15) is 0 Å². The van der Waals surface area contributed by atoms with Gasteiger partial charge in [0.05, 0.1) is 0 Å². The highest BCUT2D eigenvalue weighted by molar-refractivity contribution is 9.10. The van der Waals surface area contributed by atoms with Gasteiger partial charge in [-0.1, -0.05) is 76.2 Å². The Morgan fingerprint density at radius 2 is 1.45 bits per heavy atom. The lowest BCUT2D eigenvalue weighted by molar-refractivity contribution is 0.685. The van der Waals surface area contributed by atoms with Crippen molar-refractivity contribution in [2.45, 2.75) is 45.4 Å². The van der Waals surface area contributed by atoms with Gasteiger partial charge in [-0.25, -0.2) is 0 Å². The molecule has 0 fully saturated rings. The molecule has 0 unspecified atom stereocenters. The molecule has 0 saturated heterocycles. The molecular weight excluding hydrogens is 486 g/mol. The summed E-state index contributed by atoms with van der Waals surface area (Å²) in [6.45, 7) is 5.50. The average Bonchev–Trinajstić information content (AvgIpc) is 2.99. The highest BCUT2D eigenvalue weighted by atomic mass is 79.9. The highest BCUT2D eigenvalue weighted by Gasteiger charge is 2.30. The lowest BCUT2D eigenvalue weighted by Crippen LogP contribution is -2.05. The quantitative estimate of drug-likeness (QED) is 0.244. The van der Waals surface area contributed by atoms with Gasteiger partial charge in [0, 0.05) is 27.1 Å². The second kappa shape index (κ2) is 9.06. The molecule has 29 heavy (non-hydrogen) atoms. The van der Waals surface area contributed by atoms with Crippen molar-refractivity contribution in [1.82, 2.24) is 0 Å². The zero-order chi connectivity index (χ0) is 20.4. The summed E-state index contributed by atoms with van der Waals surface area (Å²) in [5, 5.41) is 3.66. The number of hydrogen-bond donors (Lipinski definition) is 1. The van der Waals surface area contributed by atoms with E-state index >= 15 is 0 Å². The van der Waals surface area contributed by atoms with Crippen molar-refractivity contribution >= 4 is 37.5 Å². The van der Waals surface area contributed by atoms with E-state index in [0.717, 1.165) is 15.5 Å². The number of benzene rings is 3. The molecule has 0 spiro atoms. The molecule has 0 radical (unpaired) electrons. The van der Waals surface area contributed by atoms with Crippen LogP contribution < -0.4 is 5.32 Å². The maximum Gasteiger partial charge on any atom is 0.0353 e. The summed E-state index contributed by atoms with van der Waals surface area (Å²) in [6, 6.07) is 20.3. The molecule has 0 amide bonds. The average molecular weight is 513 g/mol. The first-order valence-corrected chi connectivity index (χ1v) is 12.1. The Bertz CT molecular complexity index is 974. The zero-order valence-electron chi connectivity index (χ0n) is 17.1. The fourth-order valence-corrected chi connectivity index (χ4v) is 5.19. The number of rotatable bonds is 7. The molecule has 150 valence electrons. The molecule has 0 heterocycles. The lowest BCUT2D eigenvalue weighted by atomic mass is 9.88. The van der Waals surface area contributed by atoms with Crippen molar-refractivity contribution < 1.29 is 0 Å². The van der Waals surface area contributed by atoms with E-state index in [2.05, 4.69) is 106 Å². The molecule has 4 rings (SSSR count). The summed E-state index contributed by atoms with van der Waals surface area (Å²) in [5.41, 5.74) is 9.35. The third-order valence-corrected chi connectivity index (χ3v) is 6.72. The minimum Gasteiger partial charge on any atom is -0.385 e. The predicted molar refractivity (Wildman–Crippen MR) is 132 cm³/mol. The maximum absolute atomic E-state index is 3.69. The Hall–Kier alpha value is -1.58. The van der Waals surface area contributed by atoms with Crippen molar-refractivity contribution in [2.24, 2.45) is 0 Å². The van der Waals surface area contributed by atoms with Crippen molar-refractivity contribution in [3.8, 4) is 11.1 Å². The number of anilines is 1. The number of unbranched alkanes of at least 4 members (excludes halogenated alkanes) is 3. The van der Waals surface area contributed by atoms with Crippen LogP contribution in [0.4, 0.5) is 5.69 Å². The van der Waals surface area contributed by atoms with E-state index in [4.69, 9.17) is 0 Å². The molecule has 1 nitrogen and oxygen atoms in total. The summed E-state index contributed by atoms with van der Waals surface area (Å²) in [7, 11) is 0. The Morgan fingerprint density at radius 3 is 2.07 bits per heavy atom. The summed E-state index contributed by atoms with van der Waals surface area (Å²) in [6.07, 6.45) is 5.13. The van der Waals surface area contributed by atoms with Crippen molar-refractivity contribution in [3.63, 3.8) is 0 Å². The van der Waals surface area contributed by atoms with Crippen LogP contribution in [0.3, 0.4) is 0 Å². The largest absolute Gasteiger partial charge is 0.385 e. The number of fused-ring (bicyclic) bond motifs is 3. The van der Waals surface area contributed by atoms with Gasteiger partial charge in [0.15, 0.2) is 0 Å². The second-order valence-electron chi connectivity index (χ2n) is 8.02.